The lowest BCUT2D eigenvalue weighted by molar-refractivity contribution is -0.144. The Balaban J connectivity index is 2.00. The van der Waals surface area contributed by atoms with E-state index in [2.05, 4.69) is 24.1 Å². The van der Waals surface area contributed by atoms with Crippen LogP contribution in [0.5, 0.6) is 0 Å². The minimum Gasteiger partial charge on any atom is -0.445 e. The Morgan fingerprint density at radius 2 is 2.12 bits per heavy atom. The van der Waals surface area contributed by atoms with E-state index >= 15 is 0 Å². The van der Waals surface area contributed by atoms with Crippen molar-refractivity contribution in [2.45, 2.75) is 71.4 Å². The van der Waals surface area contributed by atoms with Crippen molar-refractivity contribution in [2.24, 2.45) is 16.7 Å². The molecule has 9 heteroatoms. The van der Waals surface area contributed by atoms with E-state index in [1.807, 2.05) is 20.8 Å². The van der Waals surface area contributed by atoms with E-state index in [1.54, 1.807) is 0 Å². The van der Waals surface area contributed by atoms with Crippen LogP contribution >= 0.6 is 11.3 Å². The van der Waals surface area contributed by atoms with E-state index in [0.717, 1.165) is 17.0 Å². The number of rotatable bonds is 7. The van der Waals surface area contributed by atoms with Gasteiger partial charge >= 0.3 is 6.09 Å². The highest BCUT2D eigenvalue weighted by molar-refractivity contribution is 7.15. The molecule has 4 N–H and O–H groups in total. The molecule has 1 heterocycles. The van der Waals surface area contributed by atoms with Crippen LogP contribution in [-0.2, 0) is 16.0 Å². The first kappa shape index (κ1) is 24.7. The van der Waals surface area contributed by atoms with Gasteiger partial charge < -0.3 is 20.3 Å². The second-order valence-corrected chi connectivity index (χ2v) is 10.9. The fraction of sp³-hybridized carbons (Fsp3) is 0.696. The van der Waals surface area contributed by atoms with Gasteiger partial charge in [0.2, 0.25) is 5.91 Å². The molecule has 0 saturated heterocycles. The fourth-order valence-corrected chi connectivity index (χ4v) is 6.58. The summed E-state index contributed by atoms with van der Waals surface area (Å²) in [5.41, 5.74) is -0.187. The van der Waals surface area contributed by atoms with Gasteiger partial charge in [-0.05, 0) is 44.4 Å². The van der Waals surface area contributed by atoms with E-state index in [4.69, 9.17) is 9.72 Å². The molecule has 2 aliphatic carbocycles. The molecule has 1 saturated carbocycles. The molecule has 0 spiro atoms. The van der Waals surface area contributed by atoms with E-state index < -0.39 is 17.6 Å². The first-order valence-electron chi connectivity index (χ1n) is 11.2. The van der Waals surface area contributed by atoms with Crippen molar-refractivity contribution >= 4 is 28.5 Å². The number of carbonyl (C=O) groups is 2. The Bertz CT molecular complexity index is 872. The second-order valence-electron chi connectivity index (χ2n) is 9.80. The Labute approximate surface area is 193 Å². The first-order chi connectivity index (χ1) is 15.0. The zero-order chi connectivity index (χ0) is 23.7. The van der Waals surface area contributed by atoms with Gasteiger partial charge in [0.15, 0.2) is 5.13 Å². The summed E-state index contributed by atoms with van der Waals surface area (Å²) in [6.45, 7) is 11.4. The van der Waals surface area contributed by atoms with Crippen LogP contribution in [0, 0.1) is 16.7 Å². The molecule has 0 aromatic carbocycles. The Kier molecular flexibility index (Phi) is 7.31. The van der Waals surface area contributed by atoms with Crippen LogP contribution in [0.3, 0.4) is 0 Å². The van der Waals surface area contributed by atoms with Crippen molar-refractivity contribution in [2.75, 3.05) is 18.5 Å². The summed E-state index contributed by atoms with van der Waals surface area (Å²) in [6.07, 6.45) is 2.45. The van der Waals surface area contributed by atoms with Gasteiger partial charge in [0, 0.05) is 28.7 Å². The van der Waals surface area contributed by atoms with Gasteiger partial charge in [0.1, 0.15) is 6.61 Å². The zero-order valence-electron chi connectivity index (χ0n) is 19.3. The Morgan fingerprint density at radius 1 is 1.41 bits per heavy atom. The monoisotopic (exact) mass is 465 g/mol. The van der Waals surface area contributed by atoms with Gasteiger partial charge in [-0.15, -0.1) is 11.3 Å². The number of aliphatic hydroxyl groups excluding tert-OH is 2. The lowest BCUT2D eigenvalue weighted by atomic mass is 9.47. The van der Waals surface area contributed by atoms with Gasteiger partial charge in [-0.2, -0.15) is 0 Å². The number of hydrogen-bond donors (Lipinski definition) is 4. The topological polar surface area (TPSA) is 121 Å². The van der Waals surface area contributed by atoms with Crippen LogP contribution in [0.1, 0.15) is 63.4 Å². The molecular weight excluding hydrogens is 430 g/mol. The summed E-state index contributed by atoms with van der Waals surface area (Å²) >= 11 is 1.36. The van der Waals surface area contributed by atoms with Crippen molar-refractivity contribution in [3.8, 4) is 0 Å². The van der Waals surface area contributed by atoms with Gasteiger partial charge in [0.25, 0.3) is 0 Å². The van der Waals surface area contributed by atoms with Crippen molar-refractivity contribution < 1.29 is 24.5 Å². The lowest BCUT2D eigenvalue weighted by Crippen LogP contribution is -2.57. The van der Waals surface area contributed by atoms with Crippen LogP contribution < -0.4 is 10.6 Å². The van der Waals surface area contributed by atoms with Gasteiger partial charge in [-0.1, -0.05) is 26.5 Å². The molecule has 178 valence electrons. The molecular formula is C23H35N3O5S. The number of nitrogens with zero attached hydrogens (tertiary/aromatic N) is 1. The molecule has 32 heavy (non-hydrogen) atoms. The number of anilines is 1. The standard InChI is InChI=1S/C23H35N3O5S/c1-6-9-31-21(30)26-20-25-19-14(10-18(29)24-13(2)3)22(4)8-7-17(28)23(5,12-27)16(22)11-15(19)32-20/h6,13-14,16-17,27-28H,1,7-12H2,2-5H3,(H,24,29)(H,25,26,30). The summed E-state index contributed by atoms with van der Waals surface area (Å²) in [4.78, 5) is 30.5. The van der Waals surface area contributed by atoms with Crippen LogP contribution in [0.4, 0.5) is 9.93 Å². The molecule has 3 rings (SSSR count). The minimum atomic E-state index is -0.683. The number of nitrogens with one attached hydrogen (secondary N) is 2. The molecule has 0 radical (unpaired) electrons. The number of thiazole rings is 1. The van der Waals surface area contributed by atoms with Crippen LogP contribution in [0.2, 0.25) is 0 Å². The predicted octanol–water partition coefficient (Wildman–Crippen LogP) is 3.21. The Morgan fingerprint density at radius 3 is 2.75 bits per heavy atom. The third-order valence-corrected chi connectivity index (χ3v) is 8.28. The smallest absolute Gasteiger partial charge is 0.413 e. The molecule has 1 aromatic rings. The highest BCUT2D eigenvalue weighted by Gasteiger charge is 2.59. The summed E-state index contributed by atoms with van der Waals surface area (Å²) in [6, 6.07) is 0.0253. The van der Waals surface area contributed by atoms with Gasteiger partial charge in [0.05, 0.1) is 18.4 Å². The Hall–Kier alpha value is -1.97. The van der Waals surface area contributed by atoms with Gasteiger partial charge in [-0.25, -0.2) is 9.78 Å². The quantitative estimate of drug-likeness (QED) is 0.459. The molecule has 1 fully saturated rings. The number of hydrogen-bond acceptors (Lipinski definition) is 7. The third kappa shape index (κ3) is 4.56. The molecule has 2 amide bonds. The van der Waals surface area contributed by atoms with Crippen LogP contribution in [0.15, 0.2) is 12.7 Å². The number of ether oxygens (including phenoxy) is 1. The minimum absolute atomic E-state index is 0.0253. The average molecular weight is 466 g/mol. The van der Waals surface area contributed by atoms with E-state index in [-0.39, 0.29) is 48.8 Å². The third-order valence-electron chi connectivity index (χ3n) is 7.27. The second kappa shape index (κ2) is 9.49. The summed E-state index contributed by atoms with van der Waals surface area (Å²) in [5.74, 6) is -0.277. The molecule has 0 bridgehead atoms. The van der Waals surface area contributed by atoms with E-state index in [9.17, 15) is 19.8 Å². The average Bonchev–Trinajstić information content (AvgIpc) is 3.12. The molecule has 8 nitrogen and oxygen atoms in total. The normalized spacial score (nSPS) is 31.4. The molecule has 5 unspecified atom stereocenters. The maximum absolute atomic E-state index is 12.8. The van der Waals surface area contributed by atoms with Crippen molar-refractivity contribution in [1.82, 2.24) is 10.3 Å². The SMILES string of the molecule is C=CCOC(=O)Nc1nc2c(s1)CC1C(C)(CO)C(O)CCC1(C)C2CC(=O)NC(C)C. The van der Waals surface area contributed by atoms with E-state index in [0.29, 0.717) is 18.0 Å². The maximum atomic E-state index is 12.8. The number of fused-ring (bicyclic) bond motifs is 2. The summed E-state index contributed by atoms with van der Waals surface area (Å²) < 4.78 is 5.01. The molecule has 0 aliphatic heterocycles. The molecule has 5 atom stereocenters. The number of aliphatic hydroxyl groups is 2. The van der Waals surface area contributed by atoms with Crippen LogP contribution in [0.25, 0.3) is 0 Å². The highest BCUT2D eigenvalue weighted by Crippen LogP contribution is 2.62. The summed E-state index contributed by atoms with van der Waals surface area (Å²) in [7, 11) is 0. The number of aromatic nitrogens is 1. The lowest BCUT2D eigenvalue weighted by Gasteiger charge is -2.58. The summed E-state index contributed by atoms with van der Waals surface area (Å²) in [5, 5.41) is 27.2. The van der Waals surface area contributed by atoms with Crippen molar-refractivity contribution in [1.29, 1.82) is 0 Å². The maximum Gasteiger partial charge on any atom is 0.413 e. The first-order valence-corrected chi connectivity index (χ1v) is 12.0. The molecule has 1 aromatic heterocycles. The van der Waals surface area contributed by atoms with E-state index in [1.165, 1.54) is 17.4 Å². The van der Waals surface area contributed by atoms with Crippen LogP contribution in [-0.4, -0.2) is 52.6 Å². The zero-order valence-corrected chi connectivity index (χ0v) is 20.1. The number of carbonyl (C=O) groups excluding carboxylic acids is 2. The predicted molar refractivity (Wildman–Crippen MR) is 124 cm³/mol. The molecule has 2 aliphatic rings. The fourth-order valence-electron chi connectivity index (χ4n) is 5.52. The number of amides is 2. The largest absolute Gasteiger partial charge is 0.445 e. The van der Waals surface area contributed by atoms with Gasteiger partial charge in [-0.3, -0.25) is 10.1 Å². The van der Waals surface area contributed by atoms with Crippen molar-refractivity contribution in [3.05, 3.63) is 23.2 Å². The van der Waals surface area contributed by atoms with Crippen molar-refractivity contribution in [3.63, 3.8) is 0 Å². The highest BCUT2D eigenvalue weighted by atomic mass is 32.1.